The summed E-state index contributed by atoms with van der Waals surface area (Å²) in [6.07, 6.45) is 1.20. The Kier molecular flexibility index (Phi) is 4.39. The van der Waals surface area contributed by atoms with Crippen LogP contribution in [0.3, 0.4) is 0 Å². The Morgan fingerprint density at radius 2 is 2.05 bits per heavy atom. The van der Waals surface area contributed by atoms with E-state index >= 15 is 0 Å². The first-order valence-corrected chi connectivity index (χ1v) is 6.62. The highest BCUT2D eigenvalue weighted by Gasteiger charge is 2.23. The minimum Gasteiger partial charge on any atom is -0.356 e. The van der Waals surface area contributed by atoms with E-state index in [4.69, 9.17) is 0 Å². The second-order valence-electron chi connectivity index (χ2n) is 4.47. The van der Waals surface area contributed by atoms with Gasteiger partial charge in [-0.1, -0.05) is 18.2 Å². The second-order valence-corrected chi connectivity index (χ2v) is 4.47. The largest absolute Gasteiger partial charge is 0.356 e. The molecule has 1 heterocycles. The Bertz CT molecular complexity index is 474. The number of carbonyl (C=O) groups is 2. The van der Waals surface area contributed by atoms with Crippen molar-refractivity contribution in [2.24, 2.45) is 0 Å². The Morgan fingerprint density at radius 1 is 1.26 bits per heavy atom. The van der Waals surface area contributed by atoms with E-state index in [0.29, 0.717) is 26.1 Å². The number of nitrogens with zero attached hydrogens (tertiary/aromatic N) is 1. The highest BCUT2D eigenvalue weighted by Crippen LogP contribution is 2.27. The lowest BCUT2D eigenvalue weighted by Crippen LogP contribution is -2.40. The van der Waals surface area contributed by atoms with Gasteiger partial charge in [0.25, 0.3) is 0 Å². The maximum atomic E-state index is 12.0. The van der Waals surface area contributed by atoms with Gasteiger partial charge >= 0.3 is 6.03 Å². The molecule has 0 atom stereocenters. The van der Waals surface area contributed by atoms with E-state index in [9.17, 15) is 9.59 Å². The molecule has 1 aromatic carbocycles. The normalized spacial score (nSPS) is 13.0. The average Bonchev–Trinajstić information content (AvgIpc) is 2.82. The van der Waals surface area contributed by atoms with E-state index in [-0.39, 0.29) is 11.9 Å². The summed E-state index contributed by atoms with van der Waals surface area (Å²) < 4.78 is 0. The molecule has 1 aliphatic heterocycles. The van der Waals surface area contributed by atoms with Gasteiger partial charge in [0, 0.05) is 31.7 Å². The van der Waals surface area contributed by atoms with Gasteiger partial charge in [0.15, 0.2) is 0 Å². The monoisotopic (exact) mass is 261 g/mol. The first-order chi connectivity index (χ1) is 9.22. The van der Waals surface area contributed by atoms with Gasteiger partial charge in [0.1, 0.15) is 0 Å². The van der Waals surface area contributed by atoms with Crippen LogP contribution in [0.25, 0.3) is 0 Å². The summed E-state index contributed by atoms with van der Waals surface area (Å²) in [6, 6.07) is 7.77. The summed E-state index contributed by atoms with van der Waals surface area (Å²) in [6.45, 7) is 3.56. The number of urea groups is 1. The summed E-state index contributed by atoms with van der Waals surface area (Å²) in [5, 5.41) is 5.48. The zero-order valence-electron chi connectivity index (χ0n) is 11.1. The van der Waals surface area contributed by atoms with Crippen LogP contribution in [0.5, 0.6) is 0 Å². The van der Waals surface area contributed by atoms with E-state index in [2.05, 4.69) is 10.6 Å². The van der Waals surface area contributed by atoms with Crippen molar-refractivity contribution < 1.29 is 9.59 Å². The molecule has 0 aromatic heterocycles. The van der Waals surface area contributed by atoms with Crippen molar-refractivity contribution in [2.45, 2.75) is 19.8 Å². The third-order valence-electron chi connectivity index (χ3n) is 3.13. The van der Waals surface area contributed by atoms with Crippen molar-refractivity contribution in [1.82, 2.24) is 10.6 Å². The van der Waals surface area contributed by atoms with Gasteiger partial charge < -0.3 is 10.6 Å². The Balaban J connectivity index is 1.83. The fourth-order valence-electron chi connectivity index (χ4n) is 2.21. The van der Waals surface area contributed by atoms with Crippen LogP contribution in [-0.4, -0.2) is 31.6 Å². The van der Waals surface area contributed by atoms with Gasteiger partial charge in [-0.3, -0.25) is 9.69 Å². The smallest absolute Gasteiger partial charge is 0.321 e. The molecule has 0 radical (unpaired) electrons. The zero-order valence-corrected chi connectivity index (χ0v) is 11.1. The number of hydrogen-bond donors (Lipinski definition) is 2. The minimum absolute atomic E-state index is 0.0374. The lowest BCUT2D eigenvalue weighted by Gasteiger charge is -2.17. The second kappa shape index (κ2) is 6.22. The van der Waals surface area contributed by atoms with Gasteiger partial charge in [-0.2, -0.15) is 0 Å². The predicted octanol–water partition coefficient (Wildman–Crippen LogP) is 1.28. The molecule has 5 heteroatoms. The van der Waals surface area contributed by atoms with Crippen molar-refractivity contribution in [3.63, 3.8) is 0 Å². The number of anilines is 1. The molecule has 1 aliphatic rings. The van der Waals surface area contributed by atoms with Crippen LogP contribution in [0.15, 0.2) is 24.3 Å². The highest BCUT2D eigenvalue weighted by atomic mass is 16.2. The number of nitrogens with one attached hydrogen (secondary N) is 2. The van der Waals surface area contributed by atoms with E-state index in [1.165, 1.54) is 5.56 Å². The number of benzene rings is 1. The molecule has 0 saturated carbocycles. The molecular weight excluding hydrogens is 242 g/mol. The maximum Gasteiger partial charge on any atom is 0.321 e. The van der Waals surface area contributed by atoms with Crippen molar-refractivity contribution >= 4 is 17.6 Å². The SMILES string of the molecule is CCNC(=O)CCNC(=O)N1CCc2ccccc21. The quantitative estimate of drug-likeness (QED) is 0.857. The van der Waals surface area contributed by atoms with Crippen molar-refractivity contribution in [1.29, 1.82) is 0 Å². The zero-order chi connectivity index (χ0) is 13.7. The third kappa shape index (κ3) is 3.24. The summed E-state index contributed by atoms with van der Waals surface area (Å²) in [5.74, 6) is -0.0374. The highest BCUT2D eigenvalue weighted by molar-refractivity contribution is 5.94. The molecule has 102 valence electrons. The molecule has 0 bridgehead atoms. The topological polar surface area (TPSA) is 61.4 Å². The molecule has 2 N–H and O–H groups in total. The van der Waals surface area contributed by atoms with E-state index < -0.39 is 0 Å². The Labute approximate surface area is 113 Å². The van der Waals surface area contributed by atoms with Gasteiger partial charge in [-0.05, 0) is 25.0 Å². The minimum atomic E-state index is -0.130. The van der Waals surface area contributed by atoms with Gasteiger partial charge in [0.05, 0.1) is 0 Å². The molecule has 0 spiro atoms. The maximum absolute atomic E-state index is 12.0. The number of fused-ring (bicyclic) bond motifs is 1. The third-order valence-corrected chi connectivity index (χ3v) is 3.13. The summed E-state index contributed by atoms with van der Waals surface area (Å²) in [4.78, 5) is 25.0. The lowest BCUT2D eigenvalue weighted by atomic mass is 10.2. The lowest BCUT2D eigenvalue weighted by molar-refractivity contribution is -0.120. The average molecular weight is 261 g/mol. The summed E-state index contributed by atoms with van der Waals surface area (Å²) >= 11 is 0. The van der Waals surface area contributed by atoms with Crippen LogP contribution in [-0.2, 0) is 11.2 Å². The number of para-hydroxylation sites is 1. The molecule has 0 fully saturated rings. The van der Waals surface area contributed by atoms with Crippen molar-refractivity contribution in [3.05, 3.63) is 29.8 Å². The van der Waals surface area contributed by atoms with E-state index in [1.807, 2.05) is 31.2 Å². The van der Waals surface area contributed by atoms with Gasteiger partial charge in [-0.15, -0.1) is 0 Å². The van der Waals surface area contributed by atoms with E-state index in [1.54, 1.807) is 4.90 Å². The molecule has 0 unspecified atom stereocenters. The molecular formula is C14H19N3O2. The predicted molar refractivity (Wildman–Crippen MR) is 74.2 cm³/mol. The standard InChI is InChI=1S/C14H19N3O2/c1-2-15-13(18)7-9-16-14(19)17-10-8-11-5-3-4-6-12(11)17/h3-6H,2,7-10H2,1H3,(H,15,18)(H,16,19). The molecule has 2 rings (SSSR count). The van der Waals surface area contributed by atoms with Crippen LogP contribution in [0.4, 0.5) is 10.5 Å². The number of amides is 3. The first kappa shape index (κ1) is 13.4. The van der Waals surface area contributed by atoms with Crippen molar-refractivity contribution in [2.75, 3.05) is 24.5 Å². The summed E-state index contributed by atoms with van der Waals surface area (Å²) in [7, 11) is 0. The number of rotatable bonds is 4. The fraction of sp³-hybridized carbons (Fsp3) is 0.429. The molecule has 19 heavy (non-hydrogen) atoms. The molecule has 3 amide bonds. The molecule has 0 aliphatic carbocycles. The van der Waals surface area contributed by atoms with Gasteiger partial charge in [-0.25, -0.2) is 4.79 Å². The summed E-state index contributed by atoms with van der Waals surface area (Å²) in [5.41, 5.74) is 2.17. The Hall–Kier alpha value is -2.04. The van der Waals surface area contributed by atoms with E-state index in [0.717, 1.165) is 12.1 Å². The molecule has 1 aromatic rings. The van der Waals surface area contributed by atoms with Crippen LogP contribution in [0, 0.1) is 0 Å². The van der Waals surface area contributed by atoms with Crippen LogP contribution in [0.2, 0.25) is 0 Å². The fourth-order valence-corrected chi connectivity index (χ4v) is 2.21. The van der Waals surface area contributed by atoms with Crippen LogP contribution < -0.4 is 15.5 Å². The Morgan fingerprint density at radius 3 is 2.84 bits per heavy atom. The first-order valence-electron chi connectivity index (χ1n) is 6.62. The number of hydrogen-bond acceptors (Lipinski definition) is 2. The number of carbonyl (C=O) groups excluding carboxylic acids is 2. The van der Waals surface area contributed by atoms with Crippen LogP contribution in [0.1, 0.15) is 18.9 Å². The van der Waals surface area contributed by atoms with Crippen LogP contribution >= 0.6 is 0 Å². The molecule has 5 nitrogen and oxygen atoms in total. The van der Waals surface area contributed by atoms with Gasteiger partial charge in [0.2, 0.25) is 5.91 Å². The molecule has 0 saturated heterocycles. The van der Waals surface area contributed by atoms with Crippen molar-refractivity contribution in [3.8, 4) is 0 Å².